The number of hydrogen-bond donors (Lipinski definition) is 3. The highest BCUT2D eigenvalue weighted by molar-refractivity contribution is 7.87. The third kappa shape index (κ3) is 4.73. The summed E-state index contributed by atoms with van der Waals surface area (Å²) in [7, 11) is -1.24. The molecule has 0 saturated carbocycles. The average molecular weight is 430 g/mol. The number of nitrogens with zero attached hydrogens (tertiary/aromatic N) is 3. The second-order valence-corrected chi connectivity index (χ2v) is 9.17. The number of aromatic nitrogens is 2. The van der Waals surface area contributed by atoms with E-state index in [9.17, 15) is 18.3 Å². The lowest BCUT2D eigenvalue weighted by atomic mass is 9.94. The van der Waals surface area contributed by atoms with Crippen molar-refractivity contribution < 1.29 is 18.3 Å². The number of carboxylic acid groups (broad SMARTS) is 1. The highest BCUT2D eigenvalue weighted by Gasteiger charge is 2.38. The second kappa shape index (κ2) is 8.34. The second-order valence-electron chi connectivity index (χ2n) is 7.28. The minimum absolute atomic E-state index is 0.0200. The first-order valence-electron chi connectivity index (χ1n) is 9.10. The Hall–Kier alpha value is -3.08. The van der Waals surface area contributed by atoms with Crippen LogP contribution in [0.25, 0.3) is 10.8 Å². The number of fused-ring (bicyclic) bond motifs is 1. The van der Waals surface area contributed by atoms with Gasteiger partial charge in [0, 0.05) is 55.6 Å². The standard InChI is InChI=1S/C20H23N5O4S/c1-20(19(26)27,24-30(28,29)25(2)3)12-14-4-6-16(7-5-14)23-18-17-9-10-21-13-15(17)8-11-22-18/h4-11,13,24H,12H2,1-3H3,(H,22,23)(H,26,27)/t20-/m0/s1. The lowest BCUT2D eigenvalue weighted by molar-refractivity contribution is -0.143. The van der Waals surface area contributed by atoms with Crippen LogP contribution < -0.4 is 10.0 Å². The van der Waals surface area contributed by atoms with Gasteiger partial charge in [0.15, 0.2) is 0 Å². The number of aliphatic carboxylic acids is 1. The van der Waals surface area contributed by atoms with Crippen molar-refractivity contribution >= 4 is 38.5 Å². The van der Waals surface area contributed by atoms with Crippen molar-refractivity contribution in [1.29, 1.82) is 0 Å². The summed E-state index contributed by atoms with van der Waals surface area (Å²) in [5.41, 5.74) is -0.258. The van der Waals surface area contributed by atoms with Crippen molar-refractivity contribution in [2.24, 2.45) is 0 Å². The maximum atomic E-state index is 12.1. The summed E-state index contributed by atoms with van der Waals surface area (Å²) in [5.74, 6) is -0.583. The largest absolute Gasteiger partial charge is 0.480 e. The number of carbonyl (C=O) groups is 1. The highest BCUT2D eigenvalue weighted by Crippen LogP contribution is 2.24. The Morgan fingerprint density at radius 3 is 2.47 bits per heavy atom. The van der Waals surface area contributed by atoms with Crippen LogP contribution >= 0.6 is 0 Å². The van der Waals surface area contributed by atoms with E-state index in [4.69, 9.17) is 0 Å². The molecule has 0 amide bonds. The van der Waals surface area contributed by atoms with Gasteiger partial charge in [-0.05, 0) is 36.8 Å². The van der Waals surface area contributed by atoms with Crippen LogP contribution in [0.2, 0.25) is 0 Å². The lowest BCUT2D eigenvalue weighted by Crippen LogP contribution is -2.56. The molecule has 0 saturated heterocycles. The minimum Gasteiger partial charge on any atom is -0.480 e. The molecule has 0 aliphatic rings. The smallest absolute Gasteiger partial charge is 0.324 e. The van der Waals surface area contributed by atoms with Gasteiger partial charge in [0.05, 0.1) is 0 Å². The molecule has 2 aromatic heterocycles. The molecular formula is C20H23N5O4S. The molecule has 0 aliphatic heterocycles. The number of nitrogens with one attached hydrogen (secondary N) is 2. The van der Waals surface area contributed by atoms with Gasteiger partial charge in [0.1, 0.15) is 11.4 Å². The monoisotopic (exact) mass is 429 g/mol. The fraction of sp³-hybridized carbons (Fsp3) is 0.250. The normalized spacial score (nSPS) is 13.9. The van der Waals surface area contributed by atoms with Gasteiger partial charge in [-0.15, -0.1) is 0 Å². The van der Waals surface area contributed by atoms with Crippen LogP contribution in [0.3, 0.4) is 0 Å². The summed E-state index contributed by atoms with van der Waals surface area (Å²) in [4.78, 5) is 20.3. The molecule has 0 bridgehead atoms. The van der Waals surface area contributed by atoms with Crippen LogP contribution in [0.5, 0.6) is 0 Å². The van der Waals surface area contributed by atoms with Crippen LogP contribution in [0.4, 0.5) is 11.5 Å². The summed E-state index contributed by atoms with van der Waals surface area (Å²) in [5, 5.41) is 14.7. The first kappa shape index (κ1) is 21.6. The molecule has 1 aromatic carbocycles. The number of carboxylic acids is 1. The molecule has 30 heavy (non-hydrogen) atoms. The van der Waals surface area contributed by atoms with Crippen LogP contribution in [0.1, 0.15) is 12.5 Å². The first-order valence-corrected chi connectivity index (χ1v) is 10.5. The van der Waals surface area contributed by atoms with Crippen LogP contribution in [0.15, 0.2) is 55.0 Å². The molecule has 1 atom stereocenters. The van der Waals surface area contributed by atoms with Crippen molar-refractivity contribution in [3.63, 3.8) is 0 Å². The maximum Gasteiger partial charge on any atom is 0.324 e. The van der Waals surface area contributed by atoms with Crippen LogP contribution in [-0.4, -0.2) is 53.4 Å². The zero-order chi connectivity index (χ0) is 21.9. The third-order valence-corrected chi connectivity index (χ3v) is 6.32. The van der Waals surface area contributed by atoms with Crippen molar-refractivity contribution in [2.45, 2.75) is 18.9 Å². The third-order valence-electron chi connectivity index (χ3n) is 4.65. The van der Waals surface area contributed by atoms with E-state index in [0.717, 1.165) is 20.8 Å². The van der Waals surface area contributed by atoms with Gasteiger partial charge >= 0.3 is 5.97 Å². The molecule has 3 N–H and O–H groups in total. The zero-order valence-electron chi connectivity index (χ0n) is 16.8. The fourth-order valence-corrected chi connectivity index (χ4v) is 3.81. The Morgan fingerprint density at radius 1 is 1.13 bits per heavy atom. The van der Waals surface area contributed by atoms with Crippen molar-refractivity contribution in [3.05, 3.63) is 60.6 Å². The van der Waals surface area contributed by atoms with Gasteiger partial charge in [0.2, 0.25) is 0 Å². The van der Waals surface area contributed by atoms with E-state index < -0.39 is 21.7 Å². The Morgan fingerprint density at radius 2 is 1.83 bits per heavy atom. The molecular weight excluding hydrogens is 406 g/mol. The van der Waals surface area contributed by atoms with E-state index in [2.05, 4.69) is 20.0 Å². The molecule has 2 heterocycles. The number of pyridine rings is 2. The van der Waals surface area contributed by atoms with Crippen molar-refractivity contribution in [2.75, 3.05) is 19.4 Å². The summed E-state index contributed by atoms with van der Waals surface area (Å²) < 4.78 is 27.5. The quantitative estimate of drug-likeness (QED) is 0.501. The molecule has 0 fully saturated rings. The van der Waals surface area contributed by atoms with Crippen LogP contribution in [0, 0.1) is 0 Å². The lowest BCUT2D eigenvalue weighted by Gasteiger charge is -2.27. The van der Waals surface area contributed by atoms with E-state index in [1.165, 1.54) is 21.0 Å². The molecule has 9 nitrogen and oxygen atoms in total. The summed E-state index contributed by atoms with van der Waals surface area (Å²) in [6.07, 6.45) is 5.12. The molecule has 0 radical (unpaired) electrons. The minimum atomic E-state index is -3.91. The predicted molar refractivity (Wildman–Crippen MR) is 115 cm³/mol. The van der Waals surface area contributed by atoms with Gasteiger partial charge in [-0.25, -0.2) is 4.98 Å². The number of benzene rings is 1. The van der Waals surface area contributed by atoms with Gasteiger partial charge in [0.25, 0.3) is 10.2 Å². The Balaban J connectivity index is 1.80. The van der Waals surface area contributed by atoms with E-state index in [1.807, 2.05) is 12.1 Å². The fourth-order valence-electron chi connectivity index (χ4n) is 2.90. The molecule has 0 aliphatic carbocycles. The van der Waals surface area contributed by atoms with Crippen LogP contribution in [-0.2, 0) is 21.4 Å². The predicted octanol–water partition coefficient (Wildman–Crippen LogP) is 2.16. The number of hydrogen-bond acceptors (Lipinski definition) is 6. The van der Waals surface area contributed by atoms with E-state index in [0.29, 0.717) is 11.4 Å². The van der Waals surface area contributed by atoms with Gasteiger partial charge in [-0.3, -0.25) is 9.78 Å². The van der Waals surface area contributed by atoms with E-state index >= 15 is 0 Å². The Bertz CT molecular complexity index is 1160. The Labute approximate surface area is 175 Å². The van der Waals surface area contributed by atoms with Gasteiger partial charge in [-0.2, -0.15) is 17.4 Å². The average Bonchev–Trinajstić information content (AvgIpc) is 2.69. The SMILES string of the molecule is CN(C)S(=O)(=O)N[C@@](C)(Cc1ccc(Nc2nccc3cnccc23)cc1)C(=O)O. The zero-order valence-corrected chi connectivity index (χ0v) is 17.6. The molecule has 3 rings (SSSR count). The first-order chi connectivity index (χ1) is 14.1. The summed E-state index contributed by atoms with van der Waals surface area (Å²) in [6.45, 7) is 1.34. The molecule has 10 heteroatoms. The highest BCUT2D eigenvalue weighted by atomic mass is 32.2. The van der Waals surface area contributed by atoms with E-state index in [1.54, 1.807) is 42.9 Å². The topological polar surface area (TPSA) is 125 Å². The number of rotatable bonds is 8. The van der Waals surface area contributed by atoms with Gasteiger partial charge < -0.3 is 10.4 Å². The van der Waals surface area contributed by atoms with E-state index in [-0.39, 0.29) is 6.42 Å². The van der Waals surface area contributed by atoms with Crippen molar-refractivity contribution in [1.82, 2.24) is 19.0 Å². The van der Waals surface area contributed by atoms with Crippen molar-refractivity contribution in [3.8, 4) is 0 Å². The van der Waals surface area contributed by atoms with Gasteiger partial charge in [-0.1, -0.05) is 12.1 Å². The molecule has 158 valence electrons. The molecule has 0 unspecified atom stereocenters. The summed E-state index contributed by atoms with van der Waals surface area (Å²) in [6, 6.07) is 10.8. The summed E-state index contributed by atoms with van der Waals surface area (Å²) >= 11 is 0. The number of anilines is 2. The maximum absolute atomic E-state index is 12.1. The Kier molecular flexibility index (Phi) is 6.01. The molecule has 0 spiro atoms. The molecule has 3 aromatic rings.